The highest BCUT2D eigenvalue weighted by Gasteiger charge is 2.10. The van der Waals surface area contributed by atoms with Crippen LogP contribution < -0.4 is 0 Å². The predicted molar refractivity (Wildman–Crippen MR) is 79.9 cm³/mol. The lowest BCUT2D eigenvalue weighted by molar-refractivity contribution is -0.116. The van der Waals surface area contributed by atoms with Crippen LogP contribution in [0.15, 0.2) is 51.8 Å². The van der Waals surface area contributed by atoms with Crippen molar-refractivity contribution in [1.29, 1.82) is 0 Å². The number of benzene rings is 2. The van der Waals surface area contributed by atoms with Gasteiger partial charge in [-0.25, -0.2) is 8.78 Å². The molecule has 0 N–H and O–H groups in total. The molecule has 2 aromatic rings. The van der Waals surface area contributed by atoms with Gasteiger partial charge in [-0.3, -0.25) is 4.79 Å². The second-order valence-corrected chi connectivity index (χ2v) is 6.16. The first-order valence-corrected chi connectivity index (χ1v) is 7.66. The first-order chi connectivity index (χ1) is 9.54. The number of rotatable bonds is 5. The zero-order chi connectivity index (χ0) is 14.5. The van der Waals surface area contributed by atoms with Gasteiger partial charge in [-0.1, -0.05) is 28.1 Å². The monoisotopic (exact) mass is 356 g/mol. The first-order valence-electron chi connectivity index (χ1n) is 5.88. The molecule has 0 aromatic heterocycles. The van der Waals surface area contributed by atoms with Crippen LogP contribution in [0.25, 0.3) is 0 Å². The second kappa shape index (κ2) is 6.99. The molecule has 0 bridgehead atoms. The van der Waals surface area contributed by atoms with Gasteiger partial charge >= 0.3 is 0 Å². The molecule has 0 fully saturated rings. The van der Waals surface area contributed by atoms with Crippen molar-refractivity contribution in [3.05, 3.63) is 64.1 Å². The molecular formula is C15H11BrF2OS. The predicted octanol–water partition coefficient (Wildman–Crippen LogP) is 4.63. The molecule has 5 heteroatoms. The molecule has 0 radical (unpaired) electrons. The van der Waals surface area contributed by atoms with Crippen molar-refractivity contribution < 1.29 is 13.6 Å². The summed E-state index contributed by atoms with van der Waals surface area (Å²) in [6, 6.07) is 10.9. The molecule has 0 unspecified atom stereocenters. The Bertz CT molecular complexity index is 631. The minimum Gasteiger partial charge on any atom is -0.298 e. The fourth-order valence-electron chi connectivity index (χ4n) is 1.65. The molecular weight excluding hydrogens is 346 g/mol. The fraction of sp³-hybridized carbons (Fsp3) is 0.133. The van der Waals surface area contributed by atoms with E-state index in [9.17, 15) is 13.6 Å². The van der Waals surface area contributed by atoms with E-state index in [1.165, 1.54) is 17.8 Å². The molecule has 0 aliphatic heterocycles. The smallest absolute Gasteiger partial charge is 0.147 e. The van der Waals surface area contributed by atoms with Gasteiger partial charge < -0.3 is 0 Å². The van der Waals surface area contributed by atoms with Crippen molar-refractivity contribution >= 4 is 33.5 Å². The van der Waals surface area contributed by atoms with Crippen molar-refractivity contribution in [2.75, 3.05) is 5.75 Å². The van der Waals surface area contributed by atoms with E-state index >= 15 is 0 Å². The van der Waals surface area contributed by atoms with Gasteiger partial charge in [-0.15, -0.1) is 11.8 Å². The highest BCUT2D eigenvalue weighted by Crippen LogP contribution is 2.22. The Morgan fingerprint density at radius 2 is 1.95 bits per heavy atom. The zero-order valence-electron chi connectivity index (χ0n) is 10.4. The SMILES string of the molecule is O=C(CSc1cccc(Br)c1)Cc1ccc(F)cc1F. The van der Waals surface area contributed by atoms with E-state index in [0.717, 1.165) is 21.5 Å². The molecule has 0 aliphatic rings. The van der Waals surface area contributed by atoms with Gasteiger partial charge in [0.1, 0.15) is 17.4 Å². The van der Waals surface area contributed by atoms with E-state index in [0.29, 0.717) is 0 Å². The van der Waals surface area contributed by atoms with E-state index in [2.05, 4.69) is 15.9 Å². The second-order valence-electron chi connectivity index (χ2n) is 4.20. The summed E-state index contributed by atoms with van der Waals surface area (Å²) in [4.78, 5) is 12.8. The minimum absolute atomic E-state index is 0.0207. The lowest BCUT2D eigenvalue weighted by Crippen LogP contribution is -2.07. The van der Waals surface area contributed by atoms with Gasteiger partial charge in [0.25, 0.3) is 0 Å². The van der Waals surface area contributed by atoms with E-state index in [1.807, 2.05) is 24.3 Å². The number of halogens is 3. The van der Waals surface area contributed by atoms with Crippen molar-refractivity contribution in [1.82, 2.24) is 0 Å². The Balaban J connectivity index is 1.92. The van der Waals surface area contributed by atoms with Gasteiger partial charge in [0, 0.05) is 21.9 Å². The average molecular weight is 357 g/mol. The number of hydrogen-bond acceptors (Lipinski definition) is 2. The van der Waals surface area contributed by atoms with Crippen LogP contribution in [0.1, 0.15) is 5.56 Å². The van der Waals surface area contributed by atoms with E-state index in [-0.39, 0.29) is 23.5 Å². The van der Waals surface area contributed by atoms with Crippen LogP contribution >= 0.6 is 27.7 Å². The summed E-state index contributed by atoms with van der Waals surface area (Å²) in [5.41, 5.74) is 0.228. The molecule has 0 aliphatic carbocycles. The molecule has 20 heavy (non-hydrogen) atoms. The summed E-state index contributed by atoms with van der Waals surface area (Å²) in [5, 5.41) is 0. The number of thioether (sulfide) groups is 1. The first kappa shape index (κ1) is 15.2. The van der Waals surface area contributed by atoms with Crippen LogP contribution in [-0.4, -0.2) is 11.5 Å². The van der Waals surface area contributed by atoms with Gasteiger partial charge in [-0.2, -0.15) is 0 Å². The molecule has 0 amide bonds. The molecule has 0 atom stereocenters. The summed E-state index contributed by atoms with van der Waals surface area (Å²) in [6.07, 6.45) is -0.0207. The highest BCUT2D eigenvalue weighted by atomic mass is 79.9. The molecule has 1 nitrogen and oxygen atoms in total. The Morgan fingerprint density at radius 3 is 2.65 bits per heavy atom. The van der Waals surface area contributed by atoms with Crippen molar-refractivity contribution in [2.45, 2.75) is 11.3 Å². The maximum Gasteiger partial charge on any atom is 0.147 e. The topological polar surface area (TPSA) is 17.1 Å². The average Bonchev–Trinajstić information content (AvgIpc) is 2.40. The lowest BCUT2D eigenvalue weighted by Gasteiger charge is -2.04. The highest BCUT2D eigenvalue weighted by molar-refractivity contribution is 9.10. The maximum atomic E-state index is 13.4. The Kier molecular flexibility index (Phi) is 5.31. The van der Waals surface area contributed by atoms with Crippen LogP contribution in [0.2, 0.25) is 0 Å². The summed E-state index contributed by atoms with van der Waals surface area (Å²) >= 11 is 4.75. The Labute approximate surface area is 128 Å². The maximum absolute atomic E-state index is 13.4. The minimum atomic E-state index is -0.675. The van der Waals surface area contributed by atoms with Gasteiger partial charge in [-0.05, 0) is 29.8 Å². The van der Waals surface area contributed by atoms with E-state index in [4.69, 9.17) is 0 Å². The third kappa shape index (κ3) is 4.42. The molecule has 2 aromatic carbocycles. The third-order valence-corrected chi connectivity index (χ3v) is 4.15. The van der Waals surface area contributed by atoms with Gasteiger partial charge in [0.15, 0.2) is 0 Å². The molecule has 104 valence electrons. The summed E-state index contributed by atoms with van der Waals surface area (Å²) in [5.74, 6) is -1.15. The van der Waals surface area contributed by atoms with Crippen molar-refractivity contribution in [3.63, 3.8) is 0 Å². The molecule has 0 heterocycles. The largest absolute Gasteiger partial charge is 0.298 e. The van der Waals surface area contributed by atoms with Crippen LogP contribution in [-0.2, 0) is 11.2 Å². The number of ketones is 1. The van der Waals surface area contributed by atoms with Crippen LogP contribution in [0.3, 0.4) is 0 Å². The van der Waals surface area contributed by atoms with Gasteiger partial charge in [0.2, 0.25) is 0 Å². The molecule has 0 saturated carbocycles. The zero-order valence-corrected chi connectivity index (χ0v) is 12.8. The standard InChI is InChI=1S/C15H11BrF2OS/c16-11-2-1-3-14(7-11)20-9-13(19)6-10-4-5-12(17)8-15(10)18/h1-5,7-8H,6,9H2. The number of Topliss-reactive ketones (excluding diaryl/α,β-unsaturated/α-hetero) is 1. The quantitative estimate of drug-likeness (QED) is 0.726. The van der Waals surface area contributed by atoms with Crippen molar-refractivity contribution in [3.8, 4) is 0 Å². The molecule has 0 saturated heterocycles. The van der Waals surface area contributed by atoms with Crippen molar-refractivity contribution in [2.24, 2.45) is 0 Å². The normalized spacial score (nSPS) is 10.6. The Morgan fingerprint density at radius 1 is 1.15 bits per heavy atom. The van der Waals surface area contributed by atoms with Crippen LogP contribution in [0, 0.1) is 11.6 Å². The molecule has 2 rings (SSSR count). The lowest BCUT2D eigenvalue weighted by atomic mass is 10.1. The Hall–Kier alpha value is -1.20. The van der Waals surface area contributed by atoms with Gasteiger partial charge in [0.05, 0.1) is 5.75 Å². The number of carbonyl (C=O) groups excluding carboxylic acids is 1. The number of carbonyl (C=O) groups is 1. The van der Waals surface area contributed by atoms with Crippen LogP contribution in [0.5, 0.6) is 0 Å². The summed E-state index contributed by atoms with van der Waals surface area (Å²) < 4.78 is 27.1. The summed E-state index contributed by atoms with van der Waals surface area (Å²) in [7, 11) is 0. The van der Waals surface area contributed by atoms with E-state index in [1.54, 1.807) is 0 Å². The van der Waals surface area contributed by atoms with Crippen LogP contribution in [0.4, 0.5) is 8.78 Å². The van der Waals surface area contributed by atoms with E-state index < -0.39 is 11.6 Å². The summed E-state index contributed by atoms with van der Waals surface area (Å²) in [6.45, 7) is 0. The third-order valence-electron chi connectivity index (χ3n) is 2.60. The number of hydrogen-bond donors (Lipinski definition) is 0. The molecule has 0 spiro atoms. The fourth-order valence-corrected chi connectivity index (χ4v) is 3.01.